The third kappa shape index (κ3) is 4.36. The van der Waals surface area contributed by atoms with Gasteiger partial charge in [0, 0.05) is 7.05 Å². The van der Waals surface area contributed by atoms with Gasteiger partial charge in [0.15, 0.2) is 6.61 Å². The maximum Gasteiger partial charge on any atom is 0.338 e. The van der Waals surface area contributed by atoms with Crippen molar-refractivity contribution in [3.8, 4) is 5.69 Å². The van der Waals surface area contributed by atoms with Crippen LogP contribution in [0.15, 0.2) is 53.3 Å². The Kier molecular flexibility index (Phi) is 6.10. The molecule has 3 aromatic rings. The molecule has 0 unspecified atom stereocenters. The van der Waals surface area contributed by atoms with Crippen molar-refractivity contribution in [2.75, 3.05) is 11.9 Å². The predicted molar refractivity (Wildman–Crippen MR) is 111 cm³/mol. The summed E-state index contributed by atoms with van der Waals surface area (Å²) in [7, 11) is 1.71. The highest BCUT2D eigenvalue weighted by Crippen LogP contribution is 2.23. The lowest BCUT2D eigenvalue weighted by Crippen LogP contribution is -2.25. The third-order valence-corrected chi connectivity index (χ3v) is 5.05. The van der Waals surface area contributed by atoms with Crippen molar-refractivity contribution in [3.05, 3.63) is 80.2 Å². The van der Waals surface area contributed by atoms with E-state index >= 15 is 0 Å². The molecule has 0 spiro atoms. The molecule has 150 valence electrons. The fourth-order valence-electron chi connectivity index (χ4n) is 2.73. The lowest BCUT2D eigenvalue weighted by molar-refractivity contribution is -0.119. The smallest absolute Gasteiger partial charge is 0.338 e. The zero-order chi connectivity index (χ0) is 21.1. The topological polar surface area (TPSA) is 82.3 Å². The van der Waals surface area contributed by atoms with E-state index in [9.17, 15) is 14.4 Å². The van der Waals surface area contributed by atoms with Gasteiger partial charge >= 0.3 is 5.97 Å². The summed E-state index contributed by atoms with van der Waals surface area (Å²) in [6.45, 7) is 1.15. The molecular formula is C20H17Cl2N3O4. The number of para-hydroxylation sites is 1. The van der Waals surface area contributed by atoms with E-state index in [1.165, 1.54) is 22.9 Å². The number of carbonyl (C=O) groups is 2. The van der Waals surface area contributed by atoms with E-state index in [-0.39, 0.29) is 21.8 Å². The first-order chi connectivity index (χ1) is 13.8. The van der Waals surface area contributed by atoms with Gasteiger partial charge in [-0.1, -0.05) is 41.4 Å². The minimum Gasteiger partial charge on any atom is -0.452 e. The molecule has 3 rings (SSSR count). The summed E-state index contributed by atoms with van der Waals surface area (Å²) in [4.78, 5) is 37.1. The highest BCUT2D eigenvalue weighted by atomic mass is 35.5. The Morgan fingerprint density at radius 1 is 1.07 bits per heavy atom. The quantitative estimate of drug-likeness (QED) is 0.623. The number of aromatic nitrogens is 2. The number of carbonyl (C=O) groups excluding carboxylic acids is 2. The Morgan fingerprint density at radius 2 is 1.76 bits per heavy atom. The molecule has 0 aliphatic heterocycles. The van der Waals surface area contributed by atoms with Crippen molar-refractivity contribution in [3.63, 3.8) is 0 Å². The fourth-order valence-corrected chi connectivity index (χ4v) is 3.02. The van der Waals surface area contributed by atoms with Gasteiger partial charge in [-0.15, -0.1) is 0 Å². The number of hydrogen-bond donors (Lipinski definition) is 1. The van der Waals surface area contributed by atoms with Crippen LogP contribution in [0, 0.1) is 6.92 Å². The van der Waals surface area contributed by atoms with Gasteiger partial charge < -0.3 is 10.1 Å². The molecule has 1 amide bonds. The summed E-state index contributed by atoms with van der Waals surface area (Å²) >= 11 is 11.7. The van der Waals surface area contributed by atoms with E-state index < -0.39 is 18.5 Å². The van der Waals surface area contributed by atoms with Crippen LogP contribution in [0.25, 0.3) is 5.69 Å². The van der Waals surface area contributed by atoms with Crippen LogP contribution in [0.1, 0.15) is 16.1 Å². The summed E-state index contributed by atoms with van der Waals surface area (Å²) in [6, 6.07) is 13.3. The van der Waals surface area contributed by atoms with E-state index in [1.807, 2.05) is 18.2 Å². The molecule has 0 fully saturated rings. The number of anilines is 1. The third-order valence-electron chi connectivity index (χ3n) is 4.31. The van der Waals surface area contributed by atoms with E-state index in [1.54, 1.807) is 30.8 Å². The molecular weight excluding hydrogens is 417 g/mol. The molecule has 0 saturated heterocycles. The normalized spacial score (nSPS) is 10.6. The second-order valence-corrected chi connectivity index (χ2v) is 7.00. The molecule has 0 bridgehead atoms. The molecule has 0 aliphatic rings. The Hall–Kier alpha value is -3.03. The van der Waals surface area contributed by atoms with Crippen LogP contribution >= 0.6 is 23.2 Å². The number of ether oxygens (including phenoxy) is 1. The van der Waals surface area contributed by atoms with Gasteiger partial charge in [0.25, 0.3) is 11.5 Å². The number of rotatable bonds is 5. The number of amides is 1. The molecule has 0 atom stereocenters. The molecule has 0 aliphatic carbocycles. The first-order valence-electron chi connectivity index (χ1n) is 8.55. The molecule has 29 heavy (non-hydrogen) atoms. The predicted octanol–water partition coefficient (Wildman–Crippen LogP) is 3.59. The van der Waals surface area contributed by atoms with Crippen LogP contribution in [0.2, 0.25) is 10.0 Å². The summed E-state index contributed by atoms with van der Waals surface area (Å²) in [5, 5.41) is 3.02. The van der Waals surface area contributed by atoms with Crippen molar-refractivity contribution >= 4 is 40.8 Å². The molecule has 9 heteroatoms. The van der Waals surface area contributed by atoms with Crippen LogP contribution in [0.4, 0.5) is 5.69 Å². The lowest BCUT2D eigenvalue weighted by Gasteiger charge is -2.07. The summed E-state index contributed by atoms with van der Waals surface area (Å²) in [5.74, 6) is -1.37. The van der Waals surface area contributed by atoms with Gasteiger partial charge in [-0.05, 0) is 37.3 Å². The number of hydrogen-bond acceptors (Lipinski definition) is 4. The van der Waals surface area contributed by atoms with Gasteiger partial charge in [-0.2, -0.15) is 0 Å². The Morgan fingerprint density at radius 3 is 2.41 bits per heavy atom. The average Bonchev–Trinajstić information content (AvgIpc) is 2.92. The molecule has 0 radical (unpaired) electrons. The van der Waals surface area contributed by atoms with Crippen LogP contribution < -0.4 is 10.9 Å². The Balaban J connectivity index is 1.72. The maximum absolute atomic E-state index is 12.8. The minimum absolute atomic E-state index is 0.118. The van der Waals surface area contributed by atoms with Crippen molar-refractivity contribution in [1.29, 1.82) is 0 Å². The summed E-state index contributed by atoms with van der Waals surface area (Å²) in [6.07, 6.45) is 0. The van der Waals surface area contributed by atoms with E-state index in [2.05, 4.69) is 5.32 Å². The Labute approximate surface area is 176 Å². The number of nitrogens with zero attached hydrogens (tertiary/aromatic N) is 2. The van der Waals surface area contributed by atoms with Gasteiger partial charge in [0.2, 0.25) is 0 Å². The van der Waals surface area contributed by atoms with Crippen LogP contribution in [-0.4, -0.2) is 27.8 Å². The molecule has 7 nitrogen and oxygen atoms in total. The number of nitrogens with one attached hydrogen (secondary N) is 1. The first-order valence-corrected chi connectivity index (χ1v) is 9.31. The minimum atomic E-state index is -0.731. The molecule has 2 aromatic carbocycles. The number of benzene rings is 2. The lowest BCUT2D eigenvalue weighted by atomic mass is 10.2. The summed E-state index contributed by atoms with van der Waals surface area (Å²) in [5.41, 5.74) is 1.11. The highest BCUT2D eigenvalue weighted by molar-refractivity contribution is 6.42. The van der Waals surface area contributed by atoms with Crippen LogP contribution in [0.5, 0.6) is 0 Å². The second-order valence-electron chi connectivity index (χ2n) is 6.19. The highest BCUT2D eigenvalue weighted by Gasteiger charge is 2.19. The van der Waals surface area contributed by atoms with Gasteiger partial charge in [0.05, 0.1) is 27.0 Å². The number of esters is 1. The van der Waals surface area contributed by atoms with Gasteiger partial charge in [0.1, 0.15) is 5.69 Å². The van der Waals surface area contributed by atoms with Gasteiger partial charge in [-0.25, -0.2) is 9.48 Å². The second kappa shape index (κ2) is 8.55. The zero-order valence-electron chi connectivity index (χ0n) is 15.6. The fraction of sp³-hybridized carbons (Fsp3) is 0.150. The molecule has 0 saturated carbocycles. The van der Waals surface area contributed by atoms with Crippen LogP contribution in [0.3, 0.4) is 0 Å². The maximum atomic E-state index is 12.8. The molecule has 1 heterocycles. The van der Waals surface area contributed by atoms with Crippen molar-refractivity contribution in [2.45, 2.75) is 6.92 Å². The first kappa shape index (κ1) is 20.7. The average molecular weight is 434 g/mol. The van der Waals surface area contributed by atoms with E-state index in [4.69, 9.17) is 27.9 Å². The van der Waals surface area contributed by atoms with Crippen LogP contribution in [-0.2, 0) is 16.6 Å². The number of halogens is 2. The summed E-state index contributed by atoms with van der Waals surface area (Å²) < 4.78 is 8.06. The monoisotopic (exact) mass is 433 g/mol. The van der Waals surface area contributed by atoms with Crippen molar-refractivity contribution in [2.24, 2.45) is 7.05 Å². The van der Waals surface area contributed by atoms with E-state index in [0.717, 1.165) is 0 Å². The van der Waals surface area contributed by atoms with Gasteiger partial charge in [-0.3, -0.25) is 14.3 Å². The Bertz CT molecular complexity index is 1140. The zero-order valence-corrected chi connectivity index (χ0v) is 17.1. The largest absolute Gasteiger partial charge is 0.452 e. The standard InChI is InChI=1S/C20H17Cl2N3O4/c1-12-18(19(27)25(24(12)2)14-6-4-3-5-7-14)23-17(26)11-29-20(28)13-8-9-15(21)16(22)10-13/h3-10H,11H2,1-2H3,(H,23,26). The van der Waals surface area contributed by atoms with Crippen molar-refractivity contribution in [1.82, 2.24) is 9.36 Å². The molecule has 1 N–H and O–H groups in total. The van der Waals surface area contributed by atoms with Crippen molar-refractivity contribution < 1.29 is 14.3 Å². The SMILES string of the molecule is Cc1c(NC(=O)COC(=O)c2ccc(Cl)c(Cl)c2)c(=O)n(-c2ccccc2)n1C. The van der Waals surface area contributed by atoms with E-state index in [0.29, 0.717) is 16.4 Å². The molecule has 1 aromatic heterocycles.